The highest BCUT2D eigenvalue weighted by atomic mass is 16.6. The van der Waals surface area contributed by atoms with Crippen molar-refractivity contribution in [2.45, 2.75) is 257 Å². The molecule has 4 aliphatic rings. The maximum atomic E-state index is 14.8. The second-order valence-electron chi connectivity index (χ2n) is 23.7. The topological polar surface area (TPSA) is 153 Å². The molecule has 0 aliphatic carbocycles. The van der Waals surface area contributed by atoms with Crippen molar-refractivity contribution in [3.63, 3.8) is 0 Å². The zero-order valence-electron chi connectivity index (χ0n) is 39.2. The van der Waals surface area contributed by atoms with Crippen LogP contribution in [-0.2, 0) is 38.1 Å². The van der Waals surface area contributed by atoms with E-state index in [1.807, 2.05) is 0 Å². The number of ether oxygens (including phenoxy) is 4. The van der Waals surface area contributed by atoms with E-state index < -0.39 is 82.3 Å². The Labute approximate surface area is 350 Å². The molecule has 4 fully saturated rings. The van der Waals surface area contributed by atoms with Gasteiger partial charge in [0, 0.05) is 70.0 Å². The van der Waals surface area contributed by atoms with Gasteiger partial charge < -0.3 is 40.2 Å². The summed E-state index contributed by atoms with van der Waals surface area (Å²) in [5.41, 5.74) is -2.48. The first-order valence-corrected chi connectivity index (χ1v) is 22.2. The zero-order valence-corrected chi connectivity index (χ0v) is 39.2. The number of rotatable bonds is 9. The molecular weight excluding hydrogens is 737 g/mol. The smallest absolute Gasteiger partial charge is 0.322 e. The first kappa shape index (κ1) is 48.4. The van der Waals surface area contributed by atoms with Crippen LogP contribution < -0.4 is 21.3 Å². The van der Waals surface area contributed by atoms with E-state index in [2.05, 4.69) is 132 Å². The Hall–Kier alpha value is -2.28. The fourth-order valence-electron chi connectivity index (χ4n) is 11.0. The third kappa shape index (κ3) is 14.4. The first-order valence-electron chi connectivity index (χ1n) is 22.2. The summed E-state index contributed by atoms with van der Waals surface area (Å²) in [7, 11) is 0. The lowest BCUT2D eigenvalue weighted by Crippen LogP contribution is -2.52. The zero-order chi connectivity index (χ0) is 43.9. The van der Waals surface area contributed by atoms with Crippen molar-refractivity contribution in [2.24, 2.45) is 11.8 Å². The SMILES string of the molecule is CC1(C)CCC(OC(=O)C(C(=O)OC2CCC(C)(C)NC(C)(C)C2)C(C(=O)OC2CCC(C)(C)NC(C)(C)C2)C(=O)OC2CCC(C)(C)NC(C)(C)C2)CC(C)(C)N1. The van der Waals surface area contributed by atoms with Crippen LogP contribution in [0.25, 0.3) is 0 Å². The summed E-state index contributed by atoms with van der Waals surface area (Å²) in [5, 5.41) is 14.6. The fraction of sp³-hybridized carbons (Fsp3) is 0.913. The van der Waals surface area contributed by atoms with Gasteiger partial charge in [0.25, 0.3) is 0 Å². The molecule has 12 heteroatoms. The van der Waals surface area contributed by atoms with Crippen LogP contribution in [0.1, 0.15) is 188 Å². The molecule has 4 N–H and O–H groups in total. The van der Waals surface area contributed by atoms with Crippen LogP contribution in [0.15, 0.2) is 0 Å². The molecule has 0 radical (unpaired) electrons. The Kier molecular flexibility index (Phi) is 14.4. The Bertz CT molecular complexity index is 1280. The van der Waals surface area contributed by atoms with Crippen LogP contribution in [0, 0.1) is 11.8 Å². The number of hydrogen-bond donors (Lipinski definition) is 4. The molecule has 0 spiro atoms. The fourth-order valence-corrected chi connectivity index (χ4v) is 11.0. The van der Waals surface area contributed by atoms with Gasteiger partial charge in [-0.3, -0.25) is 19.2 Å². The maximum absolute atomic E-state index is 14.8. The standard InChI is InChI=1S/C46H82N4O8/c1-39(2)21-17-29(25-43(9,10)47-39)55-35(51)33(36(52)56-30-18-22-40(3,4)48-44(11,12)26-30)34(37(53)57-31-19-23-41(5,6)49-45(13,14)27-31)38(54)58-32-20-24-42(7,8)50-46(15,16)28-32/h29-34,47-50H,17-28H2,1-16H3. The van der Waals surface area contributed by atoms with Gasteiger partial charge in [-0.15, -0.1) is 0 Å². The Morgan fingerprint density at radius 2 is 0.517 bits per heavy atom. The summed E-state index contributed by atoms with van der Waals surface area (Å²) in [6.07, 6.45) is 4.57. The molecule has 0 aromatic heterocycles. The number of hydrogen-bond acceptors (Lipinski definition) is 12. The van der Waals surface area contributed by atoms with Gasteiger partial charge in [0.1, 0.15) is 24.4 Å². The van der Waals surface area contributed by atoms with E-state index in [1.54, 1.807) is 0 Å². The maximum Gasteiger partial charge on any atom is 0.322 e. The van der Waals surface area contributed by atoms with Crippen LogP contribution in [-0.4, -0.2) is 92.6 Å². The lowest BCUT2D eigenvalue weighted by Gasteiger charge is -2.35. The summed E-state index contributed by atoms with van der Waals surface area (Å²) >= 11 is 0. The summed E-state index contributed by atoms with van der Waals surface area (Å²) in [6, 6.07) is 0. The molecule has 0 bridgehead atoms. The first-order chi connectivity index (χ1) is 26.2. The number of carbonyl (C=O) groups excluding carboxylic acids is 4. The minimum atomic E-state index is -1.93. The predicted octanol–water partition coefficient (Wildman–Crippen LogP) is 7.19. The lowest BCUT2D eigenvalue weighted by atomic mass is 9.90. The van der Waals surface area contributed by atoms with Crippen molar-refractivity contribution in [1.29, 1.82) is 0 Å². The molecule has 4 aliphatic heterocycles. The molecule has 4 saturated heterocycles. The Balaban J connectivity index is 1.76. The normalized spacial score (nSPS) is 31.9. The van der Waals surface area contributed by atoms with Gasteiger partial charge in [0.2, 0.25) is 0 Å². The van der Waals surface area contributed by atoms with E-state index in [4.69, 9.17) is 18.9 Å². The van der Waals surface area contributed by atoms with Crippen LogP contribution in [0.4, 0.5) is 0 Å². The number of nitrogens with one attached hydrogen (secondary N) is 4. The van der Waals surface area contributed by atoms with E-state index in [-0.39, 0.29) is 22.2 Å². The van der Waals surface area contributed by atoms with Crippen molar-refractivity contribution < 1.29 is 38.1 Å². The average Bonchev–Trinajstić information content (AvgIpc) is 3.29. The van der Waals surface area contributed by atoms with Gasteiger partial charge in [0.15, 0.2) is 11.8 Å². The molecule has 334 valence electrons. The summed E-state index contributed by atoms with van der Waals surface area (Å²) < 4.78 is 25.1. The Morgan fingerprint density at radius 3 is 0.690 bits per heavy atom. The van der Waals surface area contributed by atoms with Gasteiger partial charge in [-0.25, -0.2) is 0 Å². The van der Waals surface area contributed by atoms with Crippen molar-refractivity contribution in [3.05, 3.63) is 0 Å². The minimum absolute atomic E-state index is 0.223. The molecule has 0 aromatic rings. The van der Waals surface area contributed by atoms with Gasteiger partial charge in [0.05, 0.1) is 0 Å². The largest absolute Gasteiger partial charge is 0.462 e. The quantitative estimate of drug-likeness (QED) is 0.106. The van der Waals surface area contributed by atoms with Crippen LogP contribution in [0.5, 0.6) is 0 Å². The van der Waals surface area contributed by atoms with Crippen LogP contribution in [0.2, 0.25) is 0 Å². The van der Waals surface area contributed by atoms with Crippen molar-refractivity contribution >= 4 is 23.9 Å². The molecule has 0 amide bonds. The molecule has 58 heavy (non-hydrogen) atoms. The second kappa shape index (κ2) is 17.2. The third-order valence-electron chi connectivity index (χ3n) is 12.5. The molecule has 0 aromatic carbocycles. The molecule has 4 heterocycles. The van der Waals surface area contributed by atoms with E-state index in [0.717, 1.165) is 0 Å². The molecular formula is C46H82N4O8. The second-order valence-corrected chi connectivity index (χ2v) is 23.7. The lowest BCUT2D eigenvalue weighted by molar-refractivity contribution is -0.187. The highest BCUT2D eigenvalue weighted by Crippen LogP contribution is 2.36. The van der Waals surface area contributed by atoms with Crippen molar-refractivity contribution in [2.75, 3.05) is 0 Å². The number of esters is 4. The van der Waals surface area contributed by atoms with E-state index in [0.29, 0.717) is 77.0 Å². The van der Waals surface area contributed by atoms with Crippen LogP contribution in [0.3, 0.4) is 0 Å². The van der Waals surface area contributed by atoms with E-state index in [1.165, 1.54) is 0 Å². The monoisotopic (exact) mass is 819 g/mol. The molecule has 4 rings (SSSR count). The van der Waals surface area contributed by atoms with E-state index >= 15 is 0 Å². The molecule has 0 saturated carbocycles. The highest BCUT2D eigenvalue weighted by molar-refractivity contribution is 6.07. The number of carbonyl (C=O) groups is 4. The highest BCUT2D eigenvalue weighted by Gasteiger charge is 2.52. The Morgan fingerprint density at radius 1 is 0.345 bits per heavy atom. The molecule has 4 unspecified atom stereocenters. The molecule has 12 nitrogen and oxygen atoms in total. The summed E-state index contributed by atoms with van der Waals surface area (Å²) in [5.74, 6) is -7.73. The van der Waals surface area contributed by atoms with Crippen LogP contribution >= 0.6 is 0 Å². The summed E-state index contributed by atoms with van der Waals surface area (Å²) in [4.78, 5) is 59.2. The van der Waals surface area contributed by atoms with Gasteiger partial charge in [-0.05, 0) is 162 Å². The predicted molar refractivity (Wildman–Crippen MR) is 227 cm³/mol. The van der Waals surface area contributed by atoms with Crippen molar-refractivity contribution in [1.82, 2.24) is 21.3 Å². The molecule has 4 atom stereocenters. The average molecular weight is 819 g/mol. The summed E-state index contributed by atoms with van der Waals surface area (Å²) in [6.45, 7) is 33.4. The van der Waals surface area contributed by atoms with Gasteiger partial charge >= 0.3 is 23.9 Å². The van der Waals surface area contributed by atoms with E-state index in [9.17, 15) is 19.2 Å². The third-order valence-corrected chi connectivity index (χ3v) is 12.5. The van der Waals surface area contributed by atoms with Crippen molar-refractivity contribution in [3.8, 4) is 0 Å². The van der Waals surface area contributed by atoms with Gasteiger partial charge in [-0.1, -0.05) is 0 Å². The van der Waals surface area contributed by atoms with Gasteiger partial charge in [-0.2, -0.15) is 0 Å². The minimum Gasteiger partial charge on any atom is -0.462 e.